The van der Waals surface area contributed by atoms with Crippen LogP contribution in [0.15, 0.2) is 49.3 Å². The SMILES string of the molecule is CN1CCC(Oc2cnc(-c3cnc(Nc4ccnc(-c5cnn(S(=O)(=O)C6CC6)c5)n4)cc3NC3CCC(C)(O)CC3)cn2)CC1. The van der Waals surface area contributed by atoms with E-state index in [-0.39, 0.29) is 17.4 Å². The topological polar surface area (TPSA) is 173 Å². The lowest BCUT2D eigenvalue weighted by atomic mass is 9.83. The van der Waals surface area contributed by atoms with Crippen molar-refractivity contribution >= 4 is 27.3 Å². The van der Waals surface area contributed by atoms with Crippen LogP contribution in [0, 0.1) is 0 Å². The lowest BCUT2D eigenvalue weighted by Gasteiger charge is -2.34. The van der Waals surface area contributed by atoms with Crippen LogP contribution < -0.4 is 15.4 Å². The molecule has 248 valence electrons. The van der Waals surface area contributed by atoms with Gasteiger partial charge < -0.3 is 25.4 Å². The van der Waals surface area contributed by atoms with Crippen molar-refractivity contribution in [3.8, 4) is 28.5 Å². The Labute approximate surface area is 274 Å². The van der Waals surface area contributed by atoms with E-state index < -0.39 is 15.6 Å². The molecule has 15 heteroatoms. The van der Waals surface area contributed by atoms with Crippen molar-refractivity contribution in [1.82, 2.24) is 39.0 Å². The van der Waals surface area contributed by atoms with E-state index in [1.54, 1.807) is 30.9 Å². The maximum Gasteiger partial charge on any atom is 0.256 e. The quantitative estimate of drug-likeness (QED) is 0.224. The summed E-state index contributed by atoms with van der Waals surface area (Å²) < 4.78 is 32.3. The maximum atomic E-state index is 12.6. The van der Waals surface area contributed by atoms with Gasteiger partial charge >= 0.3 is 0 Å². The van der Waals surface area contributed by atoms with Gasteiger partial charge in [0.1, 0.15) is 17.7 Å². The van der Waals surface area contributed by atoms with Gasteiger partial charge in [-0.15, -0.1) is 0 Å². The number of pyridine rings is 1. The fourth-order valence-electron chi connectivity index (χ4n) is 6.02. The van der Waals surface area contributed by atoms with Gasteiger partial charge in [0.25, 0.3) is 10.0 Å². The summed E-state index contributed by atoms with van der Waals surface area (Å²) in [5.74, 6) is 1.89. The molecule has 0 unspecified atom stereocenters. The van der Waals surface area contributed by atoms with Gasteiger partial charge in [-0.3, -0.25) is 0 Å². The highest BCUT2D eigenvalue weighted by Gasteiger charge is 2.37. The summed E-state index contributed by atoms with van der Waals surface area (Å²) in [4.78, 5) is 25.2. The Bertz CT molecular complexity index is 1810. The molecule has 1 aliphatic heterocycles. The minimum atomic E-state index is -3.49. The number of rotatable bonds is 10. The second kappa shape index (κ2) is 12.8. The molecule has 7 rings (SSSR count). The molecular weight excluding hydrogens is 620 g/mol. The van der Waals surface area contributed by atoms with Gasteiger partial charge in [-0.2, -0.15) is 9.19 Å². The Kier molecular flexibility index (Phi) is 8.53. The van der Waals surface area contributed by atoms with Gasteiger partial charge in [0, 0.05) is 48.8 Å². The number of aromatic nitrogens is 7. The van der Waals surface area contributed by atoms with Crippen LogP contribution >= 0.6 is 0 Å². The molecule has 0 atom stereocenters. The van der Waals surface area contributed by atoms with Crippen LogP contribution in [0.1, 0.15) is 58.3 Å². The molecule has 0 radical (unpaired) electrons. The van der Waals surface area contributed by atoms with Crippen LogP contribution in [0.2, 0.25) is 0 Å². The molecular formula is C32H40N10O4S. The summed E-state index contributed by atoms with van der Waals surface area (Å²) in [7, 11) is -1.37. The van der Waals surface area contributed by atoms with Crippen molar-refractivity contribution in [3.05, 3.63) is 49.3 Å². The van der Waals surface area contributed by atoms with Crippen LogP contribution in [0.3, 0.4) is 0 Å². The van der Waals surface area contributed by atoms with Crippen molar-refractivity contribution in [2.24, 2.45) is 0 Å². The van der Waals surface area contributed by atoms with E-state index in [0.717, 1.165) is 54.1 Å². The Hall–Kier alpha value is -4.21. The van der Waals surface area contributed by atoms with Gasteiger partial charge in [-0.1, -0.05) is 0 Å². The predicted molar refractivity (Wildman–Crippen MR) is 177 cm³/mol. The van der Waals surface area contributed by atoms with E-state index in [0.29, 0.717) is 60.3 Å². The number of anilines is 3. The lowest BCUT2D eigenvalue weighted by Crippen LogP contribution is -2.35. The Morgan fingerprint density at radius 2 is 1.74 bits per heavy atom. The first-order valence-corrected chi connectivity index (χ1v) is 17.7. The van der Waals surface area contributed by atoms with Crippen molar-refractivity contribution in [3.63, 3.8) is 0 Å². The Morgan fingerprint density at radius 1 is 0.957 bits per heavy atom. The molecule has 0 amide bonds. The lowest BCUT2D eigenvalue weighted by molar-refractivity contribution is 0.0196. The molecule has 4 aromatic rings. The number of ether oxygens (including phenoxy) is 1. The summed E-state index contributed by atoms with van der Waals surface area (Å²) in [6.45, 7) is 3.89. The molecule has 2 aliphatic carbocycles. The zero-order valence-corrected chi connectivity index (χ0v) is 27.4. The predicted octanol–water partition coefficient (Wildman–Crippen LogP) is 3.85. The first kappa shape index (κ1) is 31.4. The van der Waals surface area contributed by atoms with E-state index in [1.807, 2.05) is 13.0 Å². The van der Waals surface area contributed by atoms with Crippen molar-refractivity contribution in [1.29, 1.82) is 0 Å². The second-order valence-corrected chi connectivity index (χ2v) is 15.2. The zero-order chi connectivity index (χ0) is 32.6. The highest BCUT2D eigenvalue weighted by molar-refractivity contribution is 7.90. The third kappa shape index (κ3) is 7.36. The number of likely N-dealkylation sites (tertiary alicyclic amines) is 1. The zero-order valence-electron chi connectivity index (χ0n) is 26.6. The van der Waals surface area contributed by atoms with Crippen molar-refractivity contribution in [2.75, 3.05) is 30.8 Å². The molecule has 5 heterocycles. The van der Waals surface area contributed by atoms with E-state index in [1.165, 1.54) is 12.4 Å². The van der Waals surface area contributed by atoms with Crippen LogP contribution in [-0.2, 0) is 10.0 Å². The summed E-state index contributed by atoms with van der Waals surface area (Å²) >= 11 is 0. The Morgan fingerprint density at radius 3 is 2.47 bits per heavy atom. The smallest absolute Gasteiger partial charge is 0.256 e. The van der Waals surface area contributed by atoms with E-state index in [9.17, 15) is 13.5 Å². The first-order chi connectivity index (χ1) is 22.6. The molecule has 4 aromatic heterocycles. The number of aliphatic hydroxyl groups is 1. The normalized spacial score (nSPS) is 22.6. The van der Waals surface area contributed by atoms with Crippen molar-refractivity contribution < 1.29 is 18.3 Å². The van der Waals surface area contributed by atoms with Crippen LogP contribution in [-0.4, -0.2) is 95.7 Å². The standard InChI is InChI=1S/C32H40N10O4S/c1-32(43)10-5-22(6-11-32)38-26-15-29(35-17-25(26)27-18-36-30(19-34-27)46-23-8-13-41(2)14-9-23)39-28-7-12-33-31(40-28)21-16-37-42(20-21)47(44,45)24-3-4-24/h7,12,15-20,22-24,43H,3-6,8-11,13-14H2,1-2H3,(H2,33,35,38,39,40). The molecule has 14 nitrogen and oxygen atoms in total. The number of hydrogen-bond donors (Lipinski definition) is 3. The third-order valence-electron chi connectivity index (χ3n) is 9.12. The minimum Gasteiger partial charge on any atom is -0.473 e. The summed E-state index contributed by atoms with van der Waals surface area (Å²) in [5.41, 5.74) is 2.13. The number of hydrogen-bond acceptors (Lipinski definition) is 13. The molecule has 2 saturated carbocycles. The maximum absolute atomic E-state index is 12.6. The fraction of sp³-hybridized carbons (Fsp3) is 0.500. The number of nitrogens with zero attached hydrogens (tertiary/aromatic N) is 8. The summed E-state index contributed by atoms with van der Waals surface area (Å²) in [6, 6.07) is 3.79. The first-order valence-electron chi connectivity index (χ1n) is 16.2. The van der Waals surface area contributed by atoms with Gasteiger partial charge in [-0.05, 0) is 71.4 Å². The minimum absolute atomic E-state index is 0.133. The molecule has 3 aliphatic rings. The van der Waals surface area contributed by atoms with Crippen LogP contribution in [0.5, 0.6) is 5.88 Å². The van der Waals surface area contributed by atoms with Gasteiger partial charge in [0.15, 0.2) is 5.82 Å². The van der Waals surface area contributed by atoms with E-state index in [2.05, 4.69) is 52.6 Å². The molecule has 0 spiro atoms. The average Bonchev–Trinajstić information content (AvgIpc) is 3.81. The third-order valence-corrected chi connectivity index (χ3v) is 11.2. The molecule has 3 fully saturated rings. The molecule has 47 heavy (non-hydrogen) atoms. The highest BCUT2D eigenvalue weighted by atomic mass is 32.2. The summed E-state index contributed by atoms with van der Waals surface area (Å²) in [6.07, 6.45) is 16.1. The molecule has 0 bridgehead atoms. The number of piperidine rings is 1. The highest BCUT2D eigenvalue weighted by Crippen LogP contribution is 2.35. The van der Waals surface area contributed by atoms with Gasteiger partial charge in [0.2, 0.25) is 5.88 Å². The molecule has 0 aromatic carbocycles. The molecule has 3 N–H and O–H groups in total. The number of nitrogens with one attached hydrogen (secondary N) is 2. The van der Waals surface area contributed by atoms with Gasteiger partial charge in [-0.25, -0.2) is 33.3 Å². The fourth-order valence-corrected chi connectivity index (χ4v) is 7.49. The monoisotopic (exact) mass is 660 g/mol. The largest absolute Gasteiger partial charge is 0.473 e. The summed E-state index contributed by atoms with van der Waals surface area (Å²) in [5, 5.41) is 21.1. The van der Waals surface area contributed by atoms with E-state index in [4.69, 9.17) is 4.74 Å². The molecule has 1 saturated heterocycles. The Balaban J connectivity index is 1.11. The second-order valence-electron chi connectivity index (χ2n) is 13.1. The van der Waals surface area contributed by atoms with Gasteiger partial charge in [0.05, 0.1) is 46.9 Å². The van der Waals surface area contributed by atoms with Crippen LogP contribution in [0.25, 0.3) is 22.6 Å². The van der Waals surface area contributed by atoms with E-state index >= 15 is 0 Å². The van der Waals surface area contributed by atoms with Crippen molar-refractivity contribution in [2.45, 2.75) is 81.3 Å². The average molecular weight is 661 g/mol. The van der Waals surface area contributed by atoms with Crippen LogP contribution in [0.4, 0.5) is 17.3 Å².